The predicted molar refractivity (Wildman–Crippen MR) is 135 cm³/mol. The van der Waals surface area contributed by atoms with E-state index in [0.717, 1.165) is 29.8 Å². The number of carbonyl (C=O) groups is 2. The van der Waals surface area contributed by atoms with Gasteiger partial charge in [-0.15, -0.1) is 0 Å². The van der Waals surface area contributed by atoms with Crippen molar-refractivity contribution in [3.05, 3.63) is 95.1 Å². The maximum absolute atomic E-state index is 13.1. The monoisotopic (exact) mass is 531 g/mol. The molecule has 0 aromatic heterocycles. The highest BCUT2D eigenvalue weighted by atomic mass is 32.2. The molecule has 0 radical (unpaired) electrons. The van der Waals surface area contributed by atoms with Crippen LogP contribution in [0.2, 0.25) is 0 Å². The van der Waals surface area contributed by atoms with E-state index in [1.54, 1.807) is 12.1 Å². The lowest BCUT2D eigenvalue weighted by atomic mass is 10.0. The zero-order chi connectivity index (χ0) is 27.4. The molecule has 0 saturated carbocycles. The molecule has 0 saturated heterocycles. The second-order valence-corrected chi connectivity index (χ2v) is 10.0. The van der Waals surface area contributed by atoms with Crippen molar-refractivity contribution in [2.24, 2.45) is 5.14 Å². The SMILES string of the molecule is CC(C)c1ccc(/C=C(/C(=O)Nc2cccc(C(F)(F)F)c2)C(=O)Nc2cccc(S(N)(=O)=O)c2)cc1. The van der Waals surface area contributed by atoms with Gasteiger partial charge in [-0.1, -0.05) is 50.2 Å². The molecule has 2 amide bonds. The van der Waals surface area contributed by atoms with Crippen LogP contribution in [-0.2, 0) is 25.8 Å². The van der Waals surface area contributed by atoms with Gasteiger partial charge >= 0.3 is 6.18 Å². The molecule has 37 heavy (non-hydrogen) atoms. The molecular formula is C26H24F3N3O4S. The summed E-state index contributed by atoms with van der Waals surface area (Å²) in [4.78, 5) is 25.9. The van der Waals surface area contributed by atoms with Crippen molar-refractivity contribution in [1.29, 1.82) is 0 Å². The van der Waals surface area contributed by atoms with Crippen LogP contribution in [0.1, 0.15) is 36.5 Å². The third-order valence-corrected chi connectivity index (χ3v) is 6.18. The molecule has 0 aliphatic heterocycles. The minimum Gasteiger partial charge on any atom is -0.322 e. The Labute approximate surface area is 212 Å². The van der Waals surface area contributed by atoms with Crippen molar-refractivity contribution < 1.29 is 31.2 Å². The van der Waals surface area contributed by atoms with Gasteiger partial charge in [-0.25, -0.2) is 13.6 Å². The summed E-state index contributed by atoms with van der Waals surface area (Å²) in [6.45, 7) is 4.00. The Balaban J connectivity index is 1.96. The average molecular weight is 532 g/mol. The Hall–Kier alpha value is -3.96. The molecule has 0 spiro atoms. The normalized spacial score (nSPS) is 12.4. The fourth-order valence-electron chi connectivity index (χ4n) is 3.30. The Kier molecular flexibility index (Phi) is 8.19. The smallest absolute Gasteiger partial charge is 0.322 e. The largest absolute Gasteiger partial charge is 0.416 e. The standard InChI is InChI=1S/C26H24F3N3O4S/c1-16(2)18-11-9-17(10-12-18)13-23(24(33)31-20-6-3-5-19(14-20)26(27,28)29)25(34)32-21-7-4-8-22(15-21)37(30,35)36/h3-16H,1-2H3,(H,31,33)(H,32,34)(H2,30,35,36)/b23-13-. The number of rotatable bonds is 7. The fourth-order valence-corrected chi connectivity index (χ4v) is 3.86. The molecule has 7 nitrogen and oxygen atoms in total. The summed E-state index contributed by atoms with van der Waals surface area (Å²) in [6, 6.07) is 16.1. The number of nitrogens with two attached hydrogens (primary N) is 1. The molecular weight excluding hydrogens is 507 g/mol. The highest BCUT2D eigenvalue weighted by Crippen LogP contribution is 2.31. The van der Waals surface area contributed by atoms with Crippen LogP contribution in [0.5, 0.6) is 0 Å². The number of nitrogens with one attached hydrogen (secondary N) is 2. The molecule has 0 unspecified atom stereocenters. The van der Waals surface area contributed by atoms with Crippen molar-refractivity contribution in [2.45, 2.75) is 30.8 Å². The first kappa shape index (κ1) is 27.6. The molecule has 4 N–H and O–H groups in total. The Morgan fingerprint density at radius 1 is 0.865 bits per heavy atom. The highest BCUT2D eigenvalue weighted by Gasteiger charge is 2.30. The van der Waals surface area contributed by atoms with Crippen LogP contribution in [0.25, 0.3) is 6.08 Å². The molecule has 0 heterocycles. The number of benzene rings is 3. The minimum atomic E-state index is -4.62. The summed E-state index contributed by atoms with van der Waals surface area (Å²) in [6.07, 6.45) is -3.34. The Bertz CT molecular complexity index is 1450. The van der Waals surface area contributed by atoms with Gasteiger partial charge in [-0.2, -0.15) is 13.2 Å². The lowest BCUT2D eigenvalue weighted by Crippen LogP contribution is -2.25. The third-order valence-electron chi connectivity index (χ3n) is 5.27. The van der Waals surface area contributed by atoms with Gasteiger partial charge in [-0.3, -0.25) is 9.59 Å². The summed E-state index contributed by atoms with van der Waals surface area (Å²) in [5.41, 5.74) is 0.0119. The summed E-state index contributed by atoms with van der Waals surface area (Å²) in [5, 5.41) is 9.89. The van der Waals surface area contributed by atoms with Crippen LogP contribution in [0.4, 0.5) is 24.5 Å². The second kappa shape index (κ2) is 11.0. The number of hydrogen-bond acceptors (Lipinski definition) is 4. The van der Waals surface area contributed by atoms with Gasteiger partial charge in [0, 0.05) is 11.4 Å². The molecule has 0 atom stereocenters. The number of alkyl halides is 3. The zero-order valence-corrected chi connectivity index (χ0v) is 20.7. The molecule has 0 bridgehead atoms. The van der Waals surface area contributed by atoms with Crippen molar-refractivity contribution in [3.63, 3.8) is 0 Å². The van der Waals surface area contributed by atoms with Gasteiger partial charge in [-0.05, 0) is 59.5 Å². The maximum atomic E-state index is 13.1. The van der Waals surface area contributed by atoms with Crippen molar-refractivity contribution in [2.75, 3.05) is 10.6 Å². The number of sulfonamides is 1. The number of anilines is 2. The molecule has 3 aromatic carbocycles. The van der Waals surface area contributed by atoms with Crippen LogP contribution < -0.4 is 15.8 Å². The predicted octanol–water partition coefficient (Wildman–Crippen LogP) is 5.14. The van der Waals surface area contributed by atoms with E-state index < -0.39 is 39.2 Å². The number of carbonyl (C=O) groups excluding carboxylic acids is 2. The van der Waals surface area contributed by atoms with Crippen molar-refractivity contribution in [3.8, 4) is 0 Å². The van der Waals surface area contributed by atoms with Crippen LogP contribution in [0, 0.1) is 0 Å². The van der Waals surface area contributed by atoms with E-state index in [2.05, 4.69) is 10.6 Å². The van der Waals surface area contributed by atoms with Crippen LogP contribution in [0.15, 0.2) is 83.3 Å². The molecule has 3 rings (SSSR count). The third kappa shape index (κ3) is 7.51. The minimum absolute atomic E-state index is 0.0458. The number of hydrogen-bond donors (Lipinski definition) is 3. The van der Waals surface area contributed by atoms with Gasteiger partial charge < -0.3 is 10.6 Å². The summed E-state index contributed by atoms with van der Waals surface area (Å²) >= 11 is 0. The van der Waals surface area contributed by atoms with Gasteiger partial charge in [0.1, 0.15) is 5.57 Å². The highest BCUT2D eigenvalue weighted by molar-refractivity contribution is 7.89. The van der Waals surface area contributed by atoms with Gasteiger partial charge in [0.2, 0.25) is 10.0 Å². The van der Waals surface area contributed by atoms with E-state index in [0.29, 0.717) is 5.56 Å². The van der Waals surface area contributed by atoms with E-state index in [1.165, 1.54) is 30.3 Å². The number of primary sulfonamides is 1. The second-order valence-electron chi connectivity index (χ2n) is 8.44. The van der Waals surface area contributed by atoms with E-state index in [4.69, 9.17) is 5.14 Å². The van der Waals surface area contributed by atoms with Crippen molar-refractivity contribution >= 4 is 39.3 Å². The summed E-state index contributed by atoms with van der Waals surface area (Å²) < 4.78 is 62.5. The molecule has 0 aliphatic rings. The van der Waals surface area contributed by atoms with Crippen LogP contribution >= 0.6 is 0 Å². The zero-order valence-electron chi connectivity index (χ0n) is 19.8. The average Bonchev–Trinajstić information content (AvgIpc) is 2.82. The first-order valence-electron chi connectivity index (χ1n) is 11.0. The van der Waals surface area contributed by atoms with E-state index in [9.17, 15) is 31.2 Å². The first-order chi connectivity index (χ1) is 17.2. The fraction of sp³-hybridized carbons (Fsp3) is 0.154. The summed E-state index contributed by atoms with van der Waals surface area (Å²) in [5.74, 6) is -1.63. The lowest BCUT2D eigenvalue weighted by molar-refractivity contribution is -0.137. The summed E-state index contributed by atoms with van der Waals surface area (Å²) in [7, 11) is -4.05. The van der Waals surface area contributed by atoms with Crippen LogP contribution in [0.3, 0.4) is 0 Å². The molecule has 11 heteroatoms. The lowest BCUT2D eigenvalue weighted by Gasteiger charge is -2.13. The topological polar surface area (TPSA) is 118 Å². The van der Waals surface area contributed by atoms with E-state index in [-0.39, 0.29) is 22.2 Å². The van der Waals surface area contributed by atoms with E-state index in [1.807, 2.05) is 26.0 Å². The van der Waals surface area contributed by atoms with E-state index >= 15 is 0 Å². The number of halogens is 3. The quantitative estimate of drug-likeness (QED) is 0.222. The van der Waals surface area contributed by atoms with Gasteiger partial charge in [0.05, 0.1) is 10.5 Å². The first-order valence-corrected chi connectivity index (χ1v) is 12.5. The van der Waals surface area contributed by atoms with Gasteiger partial charge in [0.25, 0.3) is 11.8 Å². The van der Waals surface area contributed by atoms with Crippen LogP contribution in [-0.4, -0.2) is 20.2 Å². The molecule has 3 aromatic rings. The molecule has 0 aliphatic carbocycles. The number of amides is 2. The van der Waals surface area contributed by atoms with Crippen molar-refractivity contribution in [1.82, 2.24) is 0 Å². The molecule has 194 valence electrons. The Morgan fingerprint density at radius 3 is 1.92 bits per heavy atom. The van der Waals surface area contributed by atoms with Gasteiger partial charge in [0.15, 0.2) is 0 Å². The maximum Gasteiger partial charge on any atom is 0.416 e. The Morgan fingerprint density at radius 2 is 1.41 bits per heavy atom. The molecule has 0 fully saturated rings.